The molecule has 0 spiro atoms. The van der Waals surface area contributed by atoms with Gasteiger partial charge in [-0.25, -0.2) is 0 Å². The molecule has 1 aromatic rings. The predicted octanol–water partition coefficient (Wildman–Crippen LogP) is 1.56. The maximum atomic E-state index is 11.8. The van der Waals surface area contributed by atoms with E-state index in [-0.39, 0.29) is 12.5 Å². The number of carbonyl (C=O) groups excluding carboxylic acids is 1. The summed E-state index contributed by atoms with van der Waals surface area (Å²) < 4.78 is 5.37. The number of hydrogen-bond donors (Lipinski definition) is 2. The summed E-state index contributed by atoms with van der Waals surface area (Å²) in [6.07, 6.45) is 2.97. The zero-order valence-corrected chi connectivity index (χ0v) is 13.5. The van der Waals surface area contributed by atoms with E-state index in [1.807, 2.05) is 6.07 Å². The number of amides is 1. The average molecular weight is 314 g/mol. The van der Waals surface area contributed by atoms with Crippen LogP contribution in [0.3, 0.4) is 0 Å². The van der Waals surface area contributed by atoms with Crippen molar-refractivity contribution in [2.24, 2.45) is 0 Å². The largest absolute Gasteiger partial charge is 0.484 e. The third-order valence-corrected chi connectivity index (χ3v) is 3.69. The van der Waals surface area contributed by atoms with Crippen LogP contribution in [0.1, 0.15) is 25.8 Å². The number of nitriles is 1. The summed E-state index contributed by atoms with van der Waals surface area (Å²) in [7, 11) is 0. The van der Waals surface area contributed by atoms with Crippen LogP contribution in [0.15, 0.2) is 36.0 Å². The Labute approximate surface area is 136 Å². The first kappa shape index (κ1) is 16.8. The lowest BCUT2D eigenvalue weighted by Gasteiger charge is -2.29. The molecule has 2 rings (SSSR count). The number of hydrogen-bond acceptors (Lipinski definition) is 5. The van der Waals surface area contributed by atoms with Crippen molar-refractivity contribution >= 4 is 5.91 Å². The van der Waals surface area contributed by atoms with Gasteiger partial charge in [-0.15, -0.1) is 0 Å². The Balaban J connectivity index is 1.70. The Kier molecular flexibility index (Phi) is 6.01. The fraction of sp³-hybridized carbons (Fsp3) is 0.412. The molecule has 2 N–H and O–H groups in total. The number of nitrogens with one attached hydrogen (secondary N) is 2. The molecule has 0 atom stereocenters. The summed E-state index contributed by atoms with van der Waals surface area (Å²) in [5.74, 6) is 0.310. The molecule has 0 saturated carbocycles. The van der Waals surface area contributed by atoms with E-state index < -0.39 is 0 Å². The molecule has 0 unspecified atom stereocenters. The van der Waals surface area contributed by atoms with Crippen molar-refractivity contribution < 1.29 is 9.53 Å². The van der Waals surface area contributed by atoms with Crippen LogP contribution in [0.2, 0.25) is 0 Å². The molecule has 23 heavy (non-hydrogen) atoms. The molecular formula is C17H22N4O2. The van der Waals surface area contributed by atoms with Gasteiger partial charge in [0, 0.05) is 31.2 Å². The van der Waals surface area contributed by atoms with Crippen molar-refractivity contribution in [3.05, 3.63) is 41.6 Å². The third kappa shape index (κ3) is 5.31. The van der Waals surface area contributed by atoms with E-state index in [0.717, 1.165) is 25.2 Å². The van der Waals surface area contributed by atoms with E-state index in [9.17, 15) is 4.79 Å². The second-order valence-electron chi connectivity index (χ2n) is 5.67. The molecule has 1 aliphatic heterocycles. The minimum absolute atomic E-state index is 0.0791. The summed E-state index contributed by atoms with van der Waals surface area (Å²) in [5.41, 5.74) is 7.16. The van der Waals surface area contributed by atoms with Crippen molar-refractivity contribution in [2.45, 2.75) is 26.3 Å². The van der Waals surface area contributed by atoms with Crippen LogP contribution in [-0.2, 0) is 4.79 Å². The van der Waals surface area contributed by atoms with E-state index in [1.54, 1.807) is 24.3 Å². The highest BCUT2D eigenvalue weighted by molar-refractivity contribution is 5.77. The highest BCUT2D eigenvalue weighted by Crippen LogP contribution is 2.11. The topological polar surface area (TPSA) is 77.4 Å². The third-order valence-electron chi connectivity index (χ3n) is 3.69. The number of rotatable bonds is 6. The van der Waals surface area contributed by atoms with E-state index in [4.69, 9.17) is 10.00 Å². The highest BCUT2D eigenvalue weighted by Gasteiger charge is 2.14. The van der Waals surface area contributed by atoms with Gasteiger partial charge in [-0.2, -0.15) is 5.26 Å². The van der Waals surface area contributed by atoms with Crippen molar-refractivity contribution in [2.75, 3.05) is 19.7 Å². The van der Waals surface area contributed by atoms with E-state index >= 15 is 0 Å². The molecule has 0 saturated heterocycles. The molecule has 1 aromatic carbocycles. The van der Waals surface area contributed by atoms with Gasteiger partial charge in [-0.1, -0.05) is 0 Å². The summed E-state index contributed by atoms with van der Waals surface area (Å²) >= 11 is 0. The molecule has 1 amide bonds. The minimum atomic E-state index is -0.249. The van der Waals surface area contributed by atoms with Gasteiger partial charge in [0.15, 0.2) is 6.61 Å². The number of carbonyl (C=O) groups is 1. The van der Waals surface area contributed by atoms with Gasteiger partial charge in [-0.3, -0.25) is 15.1 Å². The Hall–Kier alpha value is -2.52. The second kappa shape index (κ2) is 8.20. The normalized spacial score (nSPS) is 14.8. The first-order valence-electron chi connectivity index (χ1n) is 7.69. The van der Waals surface area contributed by atoms with Crippen molar-refractivity contribution in [3.63, 3.8) is 0 Å². The zero-order valence-electron chi connectivity index (χ0n) is 13.5. The van der Waals surface area contributed by atoms with Crippen LogP contribution in [0.25, 0.3) is 0 Å². The quantitative estimate of drug-likeness (QED) is 0.779. The maximum Gasteiger partial charge on any atom is 0.276 e. The van der Waals surface area contributed by atoms with Crippen molar-refractivity contribution in [1.29, 1.82) is 5.26 Å². The van der Waals surface area contributed by atoms with Gasteiger partial charge in [0.05, 0.1) is 11.6 Å². The highest BCUT2D eigenvalue weighted by atomic mass is 16.5. The van der Waals surface area contributed by atoms with Crippen LogP contribution >= 0.6 is 0 Å². The van der Waals surface area contributed by atoms with E-state index in [2.05, 4.69) is 35.7 Å². The standard InChI is InChI=1S/C17H22N4O2/c1-13(2)21-9-7-15(8-10-21)19-20-17(22)12-23-16-5-3-14(11-18)4-6-16/h3-7,13,19H,8-10,12H2,1-2H3,(H,20,22). The lowest BCUT2D eigenvalue weighted by atomic mass is 10.2. The van der Waals surface area contributed by atoms with E-state index in [0.29, 0.717) is 17.4 Å². The molecule has 6 heteroatoms. The van der Waals surface area contributed by atoms with Crippen LogP contribution in [0.4, 0.5) is 0 Å². The number of hydrazine groups is 1. The summed E-state index contributed by atoms with van der Waals surface area (Å²) in [5, 5.41) is 8.72. The van der Waals surface area contributed by atoms with Crippen LogP contribution in [0, 0.1) is 11.3 Å². The monoisotopic (exact) mass is 314 g/mol. The zero-order chi connectivity index (χ0) is 16.7. The van der Waals surface area contributed by atoms with Gasteiger partial charge in [-0.05, 0) is 44.2 Å². The minimum Gasteiger partial charge on any atom is -0.484 e. The van der Waals surface area contributed by atoms with Gasteiger partial charge in [0.1, 0.15) is 5.75 Å². The SMILES string of the molecule is CC(C)N1CC=C(NNC(=O)COc2ccc(C#N)cc2)CC1. The fourth-order valence-corrected chi connectivity index (χ4v) is 2.23. The lowest BCUT2D eigenvalue weighted by Crippen LogP contribution is -2.43. The molecule has 6 nitrogen and oxygen atoms in total. The molecule has 0 aromatic heterocycles. The summed E-state index contributed by atoms with van der Waals surface area (Å²) in [6.45, 7) is 6.14. The molecule has 1 aliphatic rings. The molecule has 0 aliphatic carbocycles. The summed E-state index contributed by atoms with van der Waals surface area (Å²) in [6, 6.07) is 9.21. The smallest absolute Gasteiger partial charge is 0.276 e. The first-order chi connectivity index (χ1) is 11.1. The second-order valence-corrected chi connectivity index (χ2v) is 5.67. The Morgan fingerprint density at radius 2 is 2.13 bits per heavy atom. The Bertz CT molecular complexity index is 602. The number of nitrogens with zero attached hydrogens (tertiary/aromatic N) is 2. The van der Waals surface area contributed by atoms with Crippen LogP contribution in [-0.4, -0.2) is 36.5 Å². The van der Waals surface area contributed by atoms with Gasteiger partial charge in [0.2, 0.25) is 0 Å². The van der Waals surface area contributed by atoms with Gasteiger partial charge >= 0.3 is 0 Å². The van der Waals surface area contributed by atoms with Crippen LogP contribution in [0.5, 0.6) is 5.75 Å². The molecule has 0 bridgehead atoms. The molecule has 1 heterocycles. The maximum absolute atomic E-state index is 11.8. The van der Waals surface area contributed by atoms with Crippen molar-refractivity contribution in [1.82, 2.24) is 15.8 Å². The van der Waals surface area contributed by atoms with E-state index in [1.165, 1.54) is 0 Å². The molecular weight excluding hydrogens is 292 g/mol. The Morgan fingerprint density at radius 1 is 1.39 bits per heavy atom. The molecule has 122 valence electrons. The number of benzene rings is 1. The summed E-state index contributed by atoms with van der Waals surface area (Å²) in [4.78, 5) is 14.1. The van der Waals surface area contributed by atoms with Gasteiger partial charge in [0.25, 0.3) is 5.91 Å². The van der Waals surface area contributed by atoms with Gasteiger partial charge < -0.3 is 10.2 Å². The molecule has 0 radical (unpaired) electrons. The predicted molar refractivity (Wildman–Crippen MR) is 87.3 cm³/mol. The molecule has 0 fully saturated rings. The average Bonchev–Trinajstić information content (AvgIpc) is 2.59. The fourth-order valence-electron chi connectivity index (χ4n) is 2.23. The number of ether oxygens (including phenoxy) is 1. The van der Waals surface area contributed by atoms with Crippen LogP contribution < -0.4 is 15.6 Å². The first-order valence-corrected chi connectivity index (χ1v) is 7.69. The Morgan fingerprint density at radius 3 is 2.70 bits per heavy atom. The van der Waals surface area contributed by atoms with Crippen molar-refractivity contribution in [3.8, 4) is 11.8 Å². The lowest BCUT2D eigenvalue weighted by molar-refractivity contribution is -0.123.